The van der Waals surface area contributed by atoms with Crippen molar-refractivity contribution in [3.05, 3.63) is 30.3 Å². The second-order valence-electron chi connectivity index (χ2n) is 8.06. The molecule has 0 spiro atoms. The van der Waals surface area contributed by atoms with Gasteiger partial charge in [0.15, 0.2) is 0 Å². The summed E-state index contributed by atoms with van der Waals surface area (Å²) in [5.41, 5.74) is 0. The van der Waals surface area contributed by atoms with Crippen molar-refractivity contribution < 1.29 is 9.53 Å². The zero-order valence-electron chi connectivity index (χ0n) is 15.6. The molecule has 142 valence electrons. The van der Waals surface area contributed by atoms with Gasteiger partial charge in [0.2, 0.25) is 0 Å². The van der Waals surface area contributed by atoms with Crippen molar-refractivity contribution in [1.29, 1.82) is 0 Å². The van der Waals surface area contributed by atoms with E-state index in [0.717, 1.165) is 18.3 Å². The monoisotopic (exact) mass is 357 g/mol. The topological polar surface area (TPSA) is 44.8 Å². The molecule has 0 aromatic heterocycles. The summed E-state index contributed by atoms with van der Waals surface area (Å²) >= 11 is 0. The van der Waals surface area contributed by atoms with Crippen LogP contribution in [0.1, 0.15) is 38.5 Å². The molecule has 0 atom stereocenters. The third kappa shape index (κ3) is 4.32. The highest BCUT2D eigenvalue weighted by Crippen LogP contribution is 2.27. The van der Waals surface area contributed by atoms with Crippen LogP contribution >= 0.6 is 0 Å². The lowest BCUT2D eigenvalue weighted by Crippen LogP contribution is -2.59. The van der Waals surface area contributed by atoms with Crippen molar-refractivity contribution in [2.24, 2.45) is 5.92 Å². The van der Waals surface area contributed by atoms with E-state index in [4.69, 9.17) is 4.74 Å². The number of hydrogen-bond acceptors (Lipinski definition) is 3. The molecule has 5 nitrogen and oxygen atoms in total. The Morgan fingerprint density at radius 1 is 1.04 bits per heavy atom. The number of piperidine rings is 1. The number of nitrogens with one attached hydrogen (secondary N) is 1. The summed E-state index contributed by atoms with van der Waals surface area (Å²) < 4.78 is 5.86. The summed E-state index contributed by atoms with van der Waals surface area (Å²) in [6.07, 6.45) is 8.16. The van der Waals surface area contributed by atoms with Gasteiger partial charge in [0.05, 0.1) is 13.1 Å². The van der Waals surface area contributed by atoms with Gasteiger partial charge in [-0.15, -0.1) is 0 Å². The SMILES string of the molecule is O=C(NCC1CCN(C2CCCC2)CC1)N1CC(Oc2ccccc2)C1. The molecule has 2 saturated heterocycles. The molecule has 1 aromatic rings. The average molecular weight is 357 g/mol. The van der Waals surface area contributed by atoms with E-state index in [-0.39, 0.29) is 12.1 Å². The fourth-order valence-electron chi connectivity index (χ4n) is 4.51. The van der Waals surface area contributed by atoms with Crippen LogP contribution in [0.4, 0.5) is 4.79 Å². The van der Waals surface area contributed by atoms with Crippen LogP contribution < -0.4 is 10.1 Å². The molecule has 2 heterocycles. The van der Waals surface area contributed by atoms with E-state index in [9.17, 15) is 4.79 Å². The first-order valence-corrected chi connectivity index (χ1v) is 10.3. The second-order valence-corrected chi connectivity index (χ2v) is 8.06. The number of para-hydroxylation sites is 1. The summed E-state index contributed by atoms with van der Waals surface area (Å²) in [4.78, 5) is 16.8. The molecule has 4 rings (SSSR count). The lowest BCUT2D eigenvalue weighted by molar-refractivity contribution is 0.0436. The molecule has 1 saturated carbocycles. The molecule has 3 fully saturated rings. The van der Waals surface area contributed by atoms with Gasteiger partial charge in [-0.25, -0.2) is 4.79 Å². The predicted octanol–water partition coefficient (Wildman–Crippen LogP) is 3.11. The van der Waals surface area contributed by atoms with Crippen molar-refractivity contribution in [3.8, 4) is 5.75 Å². The Bertz CT molecular complexity index is 574. The Morgan fingerprint density at radius 3 is 2.42 bits per heavy atom. The quantitative estimate of drug-likeness (QED) is 0.881. The number of nitrogens with zero attached hydrogens (tertiary/aromatic N) is 2. The summed E-state index contributed by atoms with van der Waals surface area (Å²) in [7, 11) is 0. The number of likely N-dealkylation sites (tertiary alicyclic amines) is 2. The number of amides is 2. The lowest BCUT2D eigenvalue weighted by atomic mass is 9.95. The molecule has 2 amide bonds. The minimum Gasteiger partial charge on any atom is -0.487 e. The number of rotatable bonds is 5. The van der Waals surface area contributed by atoms with Crippen LogP contribution in [-0.2, 0) is 0 Å². The maximum Gasteiger partial charge on any atom is 0.317 e. The summed E-state index contributed by atoms with van der Waals surface area (Å²) in [5.74, 6) is 1.51. The zero-order valence-corrected chi connectivity index (χ0v) is 15.6. The fourth-order valence-corrected chi connectivity index (χ4v) is 4.51. The molecule has 0 unspecified atom stereocenters. The van der Waals surface area contributed by atoms with Crippen molar-refractivity contribution in [2.45, 2.75) is 50.7 Å². The first-order valence-electron chi connectivity index (χ1n) is 10.3. The molecule has 5 heteroatoms. The Hall–Kier alpha value is -1.75. The zero-order chi connectivity index (χ0) is 17.8. The average Bonchev–Trinajstić information content (AvgIpc) is 3.18. The Kier molecular flexibility index (Phi) is 5.63. The maximum atomic E-state index is 12.3. The van der Waals surface area contributed by atoms with Crippen molar-refractivity contribution in [1.82, 2.24) is 15.1 Å². The first kappa shape index (κ1) is 17.7. The Labute approximate surface area is 156 Å². The highest BCUT2D eigenvalue weighted by atomic mass is 16.5. The normalized spacial score (nSPS) is 23.0. The van der Waals surface area contributed by atoms with Gasteiger partial charge in [0, 0.05) is 12.6 Å². The molecule has 26 heavy (non-hydrogen) atoms. The molecular formula is C21H31N3O2. The number of carbonyl (C=O) groups excluding carboxylic acids is 1. The number of urea groups is 1. The largest absolute Gasteiger partial charge is 0.487 e. The predicted molar refractivity (Wildman–Crippen MR) is 102 cm³/mol. The molecular weight excluding hydrogens is 326 g/mol. The van der Waals surface area contributed by atoms with Crippen LogP contribution in [0.25, 0.3) is 0 Å². The van der Waals surface area contributed by atoms with Crippen molar-refractivity contribution >= 4 is 6.03 Å². The van der Waals surface area contributed by atoms with Gasteiger partial charge in [-0.1, -0.05) is 31.0 Å². The van der Waals surface area contributed by atoms with E-state index in [1.165, 1.54) is 51.6 Å². The standard InChI is InChI=1S/C21H31N3O2/c25-21(24-15-20(16-24)26-19-8-2-1-3-9-19)22-14-17-10-12-23(13-11-17)18-6-4-5-7-18/h1-3,8-9,17-18,20H,4-7,10-16H2,(H,22,25). The van der Waals surface area contributed by atoms with E-state index in [1.807, 2.05) is 35.2 Å². The molecule has 0 bridgehead atoms. The van der Waals surface area contributed by atoms with Gasteiger partial charge in [-0.05, 0) is 56.8 Å². The third-order valence-electron chi connectivity index (χ3n) is 6.21. The Balaban J connectivity index is 1.11. The third-order valence-corrected chi connectivity index (χ3v) is 6.21. The van der Waals surface area contributed by atoms with Crippen molar-refractivity contribution in [2.75, 3.05) is 32.7 Å². The maximum absolute atomic E-state index is 12.3. The highest BCUT2D eigenvalue weighted by molar-refractivity contribution is 5.75. The van der Waals surface area contributed by atoms with Gasteiger partial charge >= 0.3 is 6.03 Å². The minimum absolute atomic E-state index is 0.0659. The van der Waals surface area contributed by atoms with E-state index < -0.39 is 0 Å². The van der Waals surface area contributed by atoms with Gasteiger partial charge in [0.1, 0.15) is 11.9 Å². The number of benzene rings is 1. The lowest BCUT2D eigenvalue weighted by Gasteiger charge is -2.39. The van der Waals surface area contributed by atoms with Crippen LogP contribution in [-0.4, -0.2) is 60.7 Å². The van der Waals surface area contributed by atoms with Gasteiger partial charge in [0.25, 0.3) is 0 Å². The minimum atomic E-state index is 0.0659. The number of ether oxygens (including phenoxy) is 1. The second kappa shape index (κ2) is 8.30. The number of hydrogen-bond donors (Lipinski definition) is 1. The van der Waals surface area contributed by atoms with Crippen LogP contribution in [0.2, 0.25) is 0 Å². The molecule has 1 aliphatic carbocycles. The van der Waals surface area contributed by atoms with Crippen LogP contribution in [0.15, 0.2) is 30.3 Å². The van der Waals surface area contributed by atoms with Crippen LogP contribution in [0.5, 0.6) is 5.75 Å². The van der Waals surface area contributed by atoms with Crippen molar-refractivity contribution in [3.63, 3.8) is 0 Å². The number of carbonyl (C=O) groups is 1. The van der Waals surface area contributed by atoms with E-state index >= 15 is 0 Å². The molecule has 1 N–H and O–H groups in total. The summed E-state index contributed by atoms with van der Waals surface area (Å²) in [5, 5.41) is 3.14. The molecule has 2 aliphatic heterocycles. The summed E-state index contributed by atoms with van der Waals surface area (Å²) in [6, 6.07) is 10.7. The molecule has 1 aromatic carbocycles. The highest BCUT2D eigenvalue weighted by Gasteiger charge is 2.33. The molecule has 3 aliphatic rings. The molecule has 0 radical (unpaired) electrons. The van der Waals surface area contributed by atoms with Gasteiger partial charge in [-0.2, -0.15) is 0 Å². The van der Waals surface area contributed by atoms with E-state index in [0.29, 0.717) is 19.0 Å². The Morgan fingerprint density at radius 2 is 1.73 bits per heavy atom. The van der Waals surface area contributed by atoms with Crippen LogP contribution in [0.3, 0.4) is 0 Å². The fraction of sp³-hybridized carbons (Fsp3) is 0.667. The van der Waals surface area contributed by atoms with Crippen LogP contribution in [0, 0.1) is 5.92 Å². The van der Waals surface area contributed by atoms with E-state index in [2.05, 4.69) is 10.2 Å². The van der Waals surface area contributed by atoms with E-state index in [1.54, 1.807) is 0 Å². The van der Waals surface area contributed by atoms with Gasteiger partial charge < -0.3 is 19.9 Å². The smallest absolute Gasteiger partial charge is 0.317 e. The first-order chi connectivity index (χ1) is 12.8. The van der Waals surface area contributed by atoms with Gasteiger partial charge in [-0.3, -0.25) is 0 Å². The summed E-state index contributed by atoms with van der Waals surface area (Å²) in [6.45, 7) is 4.60.